The highest BCUT2D eigenvalue weighted by atomic mass is 16.4. The van der Waals surface area contributed by atoms with Crippen molar-refractivity contribution in [1.29, 1.82) is 0 Å². The standard InChI is InChI=1S/C37H52N8O9/c1-22(41-34(50)29(21-23-8-3-2-4-9-23)44-33(49)26(39)20-24-12-14-25(46)15-13-24)32(48)42-27(10-5-6-18-38)36(52)45-19-7-11-30(45)35(51)43-28(37(53)54)16-17-31(40)47/h2-4,8-9,12-15,22,26-30,46H,5-7,10-11,16-21,38-39H2,1H3,(H2,40,47)(H,41,50)(H,42,48)(H,43,51)(H,44,49)(H,53,54)/t22-,26-,27-,28-,29-,30-/m0/s1. The van der Waals surface area contributed by atoms with Gasteiger partial charge in [-0.05, 0) is 81.7 Å². The number of unbranched alkanes of at least 4 members (excludes halogenated alkanes) is 1. The lowest BCUT2D eigenvalue weighted by Crippen LogP contribution is -2.59. The van der Waals surface area contributed by atoms with E-state index >= 15 is 0 Å². The molecular formula is C37H52N8O9. The average molecular weight is 753 g/mol. The Hall–Kier alpha value is -5.55. The van der Waals surface area contributed by atoms with Crippen LogP contribution in [-0.4, -0.2) is 106 Å². The summed E-state index contributed by atoms with van der Waals surface area (Å²) in [6, 6.07) is 8.33. The highest BCUT2D eigenvalue weighted by Crippen LogP contribution is 2.21. The molecule has 1 aliphatic heterocycles. The molecule has 1 heterocycles. The molecule has 17 nitrogen and oxygen atoms in total. The zero-order chi connectivity index (χ0) is 39.8. The third-order valence-corrected chi connectivity index (χ3v) is 9.09. The Morgan fingerprint density at radius 3 is 2.07 bits per heavy atom. The number of rotatable bonds is 21. The van der Waals surface area contributed by atoms with Gasteiger partial charge in [0, 0.05) is 19.4 Å². The molecule has 0 aliphatic carbocycles. The maximum Gasteiger partial charge on any atom is 0.326 e. The smallest absolute Gasteiger partial charge is 0.326 e. The molecule has 1 aliphatic rings. The predicted octanol–water partition coefficient (Wildman–Crippen LogP) is -1.07. The number of aromatic hydroxyl groups is 1. The van der Waals surface area contributed by atoms with E-state index in [0.29, 0.717) is 31.4 Å². The highest BCUT2D eigenvalue weighted by molar-refractivity contribution is 5.96. The van der Waals surface area contributed by atoms with Gasteiger partial charge in [-0.1, -0.05) is 42.5 Å². The molecule has 0 unspecified atom stereocenters. The Kier molecular flexibility index (Phi) is 16.8. The lowest BCUT2D eigenvalue weighted by atomic mass is 10.0. The van der Waals surface area contributed by atoms with E-state index < -0.39 is 77.7 Å². The fourth-order valence-electron chi connectivity index (χ4n) is 6.06. The van der Waals surface area contributed by atoms with Gasteiger partial charge in [-0.2, -0.15) is 0 Å². The van der Waals surface area contributed by atoms with Crippen LogP contribution in [0.5, 0.6) is 5.75 Å². The number of benzene rings is 2. The summed E-state index contributed by atoms with van der Waals surface area (Å²) in [5.41, 5.74) is 18.4. The quantitative estimate of drug-likeness (QED) is 0.0693. The Bertz CT molecular complexity index is 1610. The van der Waals surface area contributed by atoms with E-state index in [1.54, 1.807) is 42.5 Å². The number of primary amides is 1. The fourth-order valence-corrected chi connectivity index (χ4v) is 6.06. The lowest BCUT2D eigenvalue weighted by Gasteiger charge is -2.30. The van der Waals surface area contributed by atoms with Crippen molar-refractivity contribution in [3.8, 4) is 5.75 Å². The van der Waals surface area contributed by atoms with E-state index in [1.807, 2.05) is 0 Å². The molecule has 17 heteroatoms. The first kappa shape index (κ1) is 42.9. The third kappa shape index (κ3) is 13.5. The molecule has 0 aromatic heterocycles. The number of phenolic OH excluding ortho intramolecular Hbond substituents is 1. The van der Waals surface area contributed by atoms with Crippen LogP contribution < -0.4 is 38.5 Å². The van der Waals surface area contributed by atoms with Crippen LogP contribution >= 0.6 is 0 Å². The van der Waals surface area contributed by atoms with Crippen molar-refractivity contribution in [1.82, 2.24) is 26.2 Å². The number of amides is 6. The van der Waals surface area contributed by atoms with Crippen molar-refractivity contribution in [3.63, 3.8) is 0 Å². The van der Waals surface area contributed by atoms with Crippen molar-refractivity contribution in [3.05, 3.63) is 65.7 Å². The van der Waals surface area contributed by atoms with Gasteiger partial charge in [0.25, 0.3) is 0 Å². The molecule has 12 N–H and O–H groups in total. The van der Waals surface area contributed by atoms with E-state index in [9.17, 15) is 43.8 Å². The number of carbonyl (C=O) groups excluding carboxylic acids is 6. The topological polar surface area (TPSA) is 289 Å². The molecule has 0 spiro atoms. The van der Waals surface area contributed by atoms with Gasteiger partial charge in [0.15, 0.2) is 0 Å². The summed E-state index contributed by atoms with van der Waals surface area (Å²) in [6.07, 6.45) is 1.63. The highest BCUT2D eigenvalue weighted by Gasteiger charge is 2.39. The van der Waals surface area contributed by atoms with Gasteiger partial charge in [0.1, 0.15) is 36.0 Å². The first-order valence-corrected chi connectivity index (χ1v) is 18.0. The first-order chi connectivity index (χ1) is 25.7. The second-order valence-electron chi connectivity index (χ2n) is 13.4. The monoisotopic (exact) mass is 752 g/mol. The Balaban J connectivity index is 1.71. The van der Waals surface area contributed by atoms with Crippen LogP contribution in [0.1, 0.15) is 63.0 Å². The molecule has 0 bridgehead atoms. The number of nitrogens with two attached hydrogens (primary N) is 3. The van der Waals surface area contributed by atoms with E-state index in [-0.39, 0.29) is 50.8 Å². The second kappa shape index (κ2) is 21.2. The van der Waals surface area contributed by atoms with Gasteiger partial charge in [0.2, 0.25) is 35.4 Å². The molecule has 1 saturated heterocycles. The van der Waals surface area contributed by atoms with Gasteiger partial charge in [-0.15, -0.1) is 0 Å². The van der Waals surface area contributed by atoms with Gasteiger partial charge < -0.3 is 53.6 Å². The zero-order valence-corrected chi connectivity index (χ0v) is 30.4. The van der Waals surface area contributed by atoms with Crippen LogP contribution in [-0.2, 0) is 46.4 Å². The van der Waals surface area contributed by atoms with Gasteiger partial charge in [0.05, 0.1) is 6.04 Å². The molecule has 3 rings (SSSR count). The fraction of sp³-hybridized carbons (Fsp3) is 0.486. The van der Waals surface area contributed by atoms with Crippen molar-refractivity contribution in [2.24, 2.45) is 17.2 Å². The van der Waals surface area contributed by atoms with Crippen molar-refractivity contribution in [2.75, 3.05) is 13.1 Å². The van der Waals surface area contributed by atoms with E-state index in [0.717, 1.165) is 5.56 Å². The minimum Gasteiger partial charge on any atom is -0.508 e. The minimum absolute atomic E-state index is 0.0641. The van der Waals surface area contributed by atoms with Crippen molar-refractivity contribution >= 4 is 41.4 Å². The molecule has 294 valence electrons. The number of carboxylic acid groups (broad SMARTS) is 1. The maximum absolute atomic E-state index is 13.9. The molecule has 2 aromatic carbocycles. The summed E-state index contributed by atoms with van der Waals surface area (Å²) in [5.74, 6) is -5.25. The van der Waals surface area contributed by atoms with Crippen LogP contribution in [0.2, 0.25) is 0 Å². The molecule has 0 saturated carbocycles. The van der Waals surface area contributed by atoms with E-state index in [4.69, 9.17) is 17.2 Å². The number of carbonyl (C=O) groups is 7. The number of hydrogen-bond acceptors (Lipinski definition) is 10. The normalized spacial score (nSPS) is 16.6. The van der Waals surface area contributed by atoms with Gasteiger partial charge in [-0.25, -0.2) is 4.79 Å². The zero-order valence-electron chi connectivity index (χ0n) is 30.4. The number of likely N-dealkylation sites (tertiary alicyclic amines) is 1. The summed E-state index contributed by atoms with van der Waals surface area (Å²) < 4.78 is 0. The number of aliphatic carboxylic acids is 1. The van der Waals surface area contributed by atoms with Crippen molar-refractivity contribution < 1.29 is 43.8 Å². The Morgan fingerprint density at radius 2 is 1.44 bits per heavy atom. The summed E-state index contributed by atoms with van der Waals surface area (Å²) in [6.45, 7) is 1.95. The molecule has 54 heavy (non-hydrogen) atoms. The molecular weight excluding hydrogens is 700 g/mol. The lowest BCUT2D eigenvalue weighted by molar-refractivity contribution is -0.145. The predicted molar refractivity (Wildman–Crippen MR) is 197 cm³/mol. The van der Waals surface area contributed by atoms with Gasteiger partial charge >= 0.3 is 5.97 Å². The molecule has 1 fully saturated rings. The molecule has 6 amide bonds. The molecule has 6 atom stereocenters. The van der Waals surface area contributed by atoms with Crippen LogP contribution in [0, 0.1) is 0 Å². The number of nitrogens with zero attached hydrogens (tertiary/aromatic N) is 1. The second-order valence-corrected chi connectivity index (χ2v) is 13.4. The molecule has 2 aromatic rings. The summed E-state index contributed by atoms with van der Waals surface area (Å²) in [5, 5.41) is 29.5. The largest absolute Gasteiger partial charge is 0.508 e. The van der Waals surface area contributed by atoms with E-state index in [2.05, 4.69) is 21.3 Å². The Labute approximate surface area is 313 Å². The third-order valence-electron chi connectivity index (χ3n) is 9.09. The number of phenols is 1. The van der Waals surface area contributed by atoms with Crippen LogP contribution in [0.25, 0.3) is 0 Å². The number of hydrogen-bond donors (Lipinski definition) is 9. The van der Waals surface area contributed by atoms with Crippen LogP contribution in [0.4, 0.5) is 0 Å². The van der Waals surface area contributed by atoms with E-state index in [1.165, 1.54) is 24.0 Å². The van der Waals surface area contributed by atoms with Crippen molar-refractivity contribution in [2.45, 2.75) is 101 Å². The van der Waals surface area contributed by atoms with Crippen LogP contribution in [0.15, 0.2) is 54.6 Å². The maximum atomic E-state index is 13.9. The SMILES string of the molecule is C[C@H](NC(=O)[C@H](Cc1ccccc1)NC(=O)[C@@H](N)Cc1ccc(O)cc1)C(=O)N[C@@H](CCCCN)C(=O)N1CCC[C@H]1C(=O)N[C@@H](CCC(N)=O)C(=O)O. The summed E-state index contributed by atoms with van der Waals surface area (Å²) >= 11 is 0. The summed E-state index contributed by atoms with van der Waals surface area (Å²) in [4.78, 5) is 91.6. The van der Waals surface area contributed by atoms with Crippen LogP contribution in [0.3, 0.4) is 0 Å². The summed E-state index contributed by atoms with van der Waals surface area (Å²) in [7, 11) is 0. The van der Waals surface area contributed by atoms with Gasteiger partial charge in [-0.3, -0.25) is 28.8 Å². The minimum atomic E-state index is -1.39. The Morgan fingerprint density at radius 1 is 0.796 bits per heavy atom. The first-order valence-electron chi connectivity index (χ1n) is 18.0. The number of nitrogens with one attached hydrogen (secondary N) is 4. The number of carboxylic acids is 1. The average Bonchev–Trinajstić information content (AvgIpc) is 3.63. The molecule has 0 radical (unpaired) electrons.